The van der Waals surface area contributed by atoms with E-state index in [0.29, 0.717) is 0 Å². The van der Waals surface area contributed by atoms with E-state index in [4.69, 9.17) is 10.6 Å². The molecule has 0 bridgehead atoms. The lowest BCUT2D eigenvalue weighted by atomic mass is 9.83. The summed E-state index contributed by atoms with van der Waals surface area (Å²) in [7, 11) is 1.79. The number of hydrazine groups is 1. The van der Waals surface area contributed by atoms with Gasteiger partial charge in [-0.2, -0.15) is 0 Å². The Morgan fingerprint density at radius 1 is 0.950 bits per heavy atom. The molecule has 2 atom stereocenters. The van der Waals surface area contributed by atoms with Gasteiger partial charge in [0.15, 0.2) is 0 Å². The summed E-state index contributed by atoms with van der Waals surface area (Å²) >= 11 is 0. The standard InChI is InChI=1S/C17H38N2O/c1-6-7-8-9-10-11-12-13-14-15(19-18)16(20-5)17(2,3)4/h15-16,19H,6-14,18H2,1-5H3. The summed E-state index contributed by atoms with van der Waals surface area (Å²) in [6.07, 6.45) is 12.1. The van der Waals surface area contributed by atoms with Crippen molar-refractivity contribution in [1.29, 1.82) is 0 Å². The van der Waals surface area contributed by atoms with Crippen LogP contribution >= 0.6 is 0 Å². The molecule has 0 heterocycles. The zero-order valence-corrected chi connectivity index (χ0v) is 14.5. The van der Waals surface area contributed by atoms with Crippen molar-refractivity contribution in [3.05, 3.63) is 0 Å². The molecule has 0 radical (unpaired) electrons. The lowest BCUT2D eigenvalue weighted by molar-refractivity contribution is -0.0137. The Hall–Kier alpha value is -0.120. The highest BCUT2D eigenvalue weighted by atomic mass is 16.5. The van der Waals surface area contributed by atoms with Gasteiger partial charge >= 0.3 is 0 Å². The zero-order valence-electron chi connectivity index (χ0n) is 14.5. The highest BCUT2D eigenvalue weighted by molar-refractivity contribution is 4.84. The van der Waals surface area contributed by atoms with Crippen LogP contribution in [0, 0.1) is 5.41 Å². The van der Waals surface area contributed by atoms with Crippen LogP contribution in [0.15, 0.2) is 0 Å². The topological polar surface area (TPSA) is 47.3 Å². The minimum atomic E-state index is 0.117. The summed E-state index contributed by atoms with van der Waals surface area (Å²) in [5, 5.41) is 0. The molecule has 0 fully saturated rings. The molecule has 0 aromatic carbocycles. The third-order valence-corrected chi connectivity index (χ3v) is 4.06. The Morgan fingerprint density at radius 3 is 1.85 bits per heavy atom. The van der Waals surface area contributed by atoms with Crippen LogP contribution < -0.4 is 11.3 Å². The van der Waals surface area contributed by atoms with E-state index in [1.165, 1.54) is 51.4 Å². The van der Waals surface area contributed by atoms with E-state index < -0.39 is 0 Å². The molecule has 0 spiro atoms. The van der Waals surface area contributed by atoms with E-state index in [-0.39, 0.29) is 17.6 Å². The third kappa shape index (κ3) is 8.93. The molecule has 0 amide bonds. The number of unbranched alkanes of at least 4 members (excludes halogenated alkanes) is 7. The number of methoxy groups -OCH3 is 1. The first kappa shape index (κ1) is 19.9. The van der Waals surface area contributed by atoms with Gasteiger partial charge in [0.2, 0.25) is 0 Å². The molecule has 0 aliphatic heterocycles. The van der Waals surface area contributed by atoms with E-state index in [2.05, 4.69) is 33.1 Å². The Balaban J connectivity index is 3.79. The third-order valence-electron chi connectivity index (χ3n) is 4.06. The van der Waals surface area contributed by atoms with Crippen molar-refractivity contribution >= 4 is 0 Å². The van der Waals surface area contributed by atoms with Crippen LogP contribution in [0.4, 0.5) is 0 Å². The van der Waals surface area contributed by atoms with Crippen molar-refractivity contribution in [2.45, 2.75) is 97.6 Å². The minimum Gasteiger partial charge on any atom is -0.379 e. The summed E-state index contributed by atoms with van der Waals surface area (Å²) in [6, 6.07) is 0.250. The predicted molar refractivity (Wildman–Crippen MR) is 88.6 cm³/mol. The normalized spacial score (nSPS) is 15.3. The number of nitrogens with one attached hydrogen (secondary N) is 1. The molecule has 0 aliphatic rings. The number of hydrogen-bond donors (Lipinski definition) is 2. The molecule has 0 aliphatic carbocycles. The fourth-order valence-corrected chi connectivity index (χ4v) is 2.94. The first-order valence-corrected chi connectivity index (χ1v) is 8.46. The first-order chi connectivity index (χ1) is 9.47. The predicted octanol–water partition coefficient (Wildman–Crippen LogP) is 4.41. The van der Waals surface area contributed by atoms with Crippen LogP contribution in [-0.2, 0) is 4.74 Å². The van der Waals surface area contributed by atoms with Crippen LogP contribution in [0.1, 0.15) is 85.5 Å². The average Bonchev–Trinajstić information content (AvgIpc) is 2.39. The van der Waals surface area contributed by atoms with Gasteiger partial charge in [0.1, 0.15) is 0 Å². The Kier molecular flexibility index (Phi) is 11.5. The van der Waals surface area contributed by atoms with Crippen molar-refractivity contribution < 1.29 is 4.74 Å². The van der Waals surface area contributed by atoms with Crippen LogP contribution in [0.5, 0.6) is 0 Å². The van der Waals surface area contributed by atoms with Crippen LogP contribution in [0.25, 0.3) is 0 Å². The lowest BCUT2D eigenvalue weighted by Crippen LogP contribution is -2.50. The van der Waals surface area contributed by atoms with Crippen molar-refractivity contribution in [1.82, 2.24) is 5.43 Å². The summed E-state index contributed by atoms with van der Waals surface area (Å²) in [6.45, 7) is 8.89. The van der Waals surface area contributed by atoms with Crippen LogP contribution in [0.2, 0.25) is 0 Å². The molecule has 0 saturated carbocycles. The Bertz CT molecular complexity index is 214. The van der Waals surface area contributed by atoms with Gasteiger partial charge in [-0.3, -0.25) is 11.3 Å². The van der Waals surface area contributed by atoms with E-state index in [9.17, 15) is 0 Å². The second-order valence-electron chi connectivity index (χ2n) is 7.06. The van der Waals surface area contributed by atoms with Crippen molar-refractivity contribution in [2.75, 3.05) is 7.11 Å². The van der Waals surface area contributed by atoms with Gasteiger partial charge < -0.3 is 4.74 Å². The molecule has 3 heteroatoms. The first-order valence-electron chi connectivity index (χ1n) is 8.46. The maximum absolute atomic E-state index is 5.71. The van der Waals surface area contributed by atoms with E-state index >= 15 is 0 Å². The SMILES string of the molecule is CCCCCCCCCCC(NN)C(OC)C(C)(C)C. The second kappa shape index (κ2) is 11.5. The molecule has 122 valence electrons. The zero-order chi connectivity index (χ0) is 15.4. The Labute approximate surface area is 127 Å². The fourth-order valence-electron chi connectivity index (χ4n) is 2.94. The van der Waals surface area contributed by atoms with Crippen molar-refractivity contribution in [3.8, 4) is 0 Å². The molecule has 3 N–H and O–H groups in total. The summed E-state index contributed by atoms with van der Waals surface area (Å²) < 4.78 is 5.65. The fraction of sp³-hybridized carbons (Fsp3) is 1.00. The number of hydrogen-bond acceptors (Lipinski definition) is 3. The molecule has 2 unspecified atom stereocenters. The van der Waals surface area contributed by atoms with Gasteiger partial charge in [0.25, 0.3) is 0 Å². The average molecular weight is 287 g/mol. The summed E-state index contributed by atoms with van der Waals surface area (Å²) in [5.74, 6) is 5.71. The largest absolute Gasteiger partial charge is 0.379 e. The highest BCUT2D eigenvalue weighted by Crippen LogP contribution is 2.26. The van der Waals surface area contributed by atoms with Crippen LogP contribution in [0.3, 0.4) is 0 Å². The van der Waals surface area contributed by atoms with E-state index in [1.54, 1.807) is 7.11 Å². The molecular formula is C17H38N2O. The van der Waals surface area contributed by atoms with Gasteiger partial charge in [-0.1, -0.05) is 79.1 Å². The monoisotopic (exact) mass is 286 g/mol. The minimum absolute atomic E-state index is 0.117. The van der Waals surface area contributed by atoms with Crippen molar-refractivity contribution in [2.24, 2.45) is 11.3 Å². The smallest absolute Gasteiger partial charge is 0.0785 e. The molecule has 0 aromatic rings. The maximum Gasteiger partial charge on any atom is 0.0785 e. The van der Waals surface area contributed by atoms with Gasteiger partial charge in [-0.05, 0) is 11.8 Å². The molecule has 0 rings (SSSR count). The van der Waals surface area contributed by atoms with Crippen LogP contribution in [-0.4, -0.2) is 19.3 Å². The van der Waals surface area contributed by atoms with Crippen molar-refractivity contribution in [3.63, 3.8) is 0 Å². The van der Waals surface area contributed by atoms with Gasteiger partial charge in [-0.25, -0.2) is 0 Å². The van der Waals surface area contributed by atoms with Gasteiger partial charge in [0.05, 0.1) is 6.10 Å². The second-order valence-corrected chi connectivity index (χ2v) is 7.06. The quantitative estimate of drug-likeness (QED) is 0.317. The van der Waals surface area contributed by atoms with E-state index in [1.807, 2.05) is 0 Å². The number of rotatable bonds is 12. The number of nitrogens with two attached hydrogens (primary N) is 1. The van der Waals surface area contributed by atoms with E-state index in [0.717, 1.165) is 6.42 Å². The highest BCUT2D eigenvalue weighted by Gasteiger charge is 2.31. The summed E-state index contributed by atoms with van der Waals surface area (Å²) in [4.78, 5) is 0. The van der Waals surface area contributed by atoms with Gasteiger partial charge in [-0.15, -0.1) is 0 Å². The maximum atomic E-state index is 5.71. The molecule has 3 nitrogen and oxygen atoms in total. The molecule has 20 heavy (non-hydrogen) atoms. The lowest BCUT2D eigenvalue weighted by Gasteiger charge is -2.35. The summed E-state index contributed by atoms with van der Waals surface area (Å²) in [5.41, 5.74) is 3.07. The van der Waals surface area contributed by atoms with Gasteiger partial charge in [0, 0.05) is 13.2 Å². The molecule has 0 aromatic heterocycles. The number of ether oxygens (including phenoxy) is 1. The molecular weight excluding hydrogens is 248 g/mol. The molecule has 0 saturated heterocycles. The Morgan fingerprint density at radius 2 is 1.45 bits per heavy atom.